The molecule has 0 saturated heterocycles. The van der Waals surface area contributed by atoms with Crippen LogP contribution in [0.15, 0.2) is 57.9 Å². The Labute approximate surface area is 190 Å². The van der Waals surface area contributed by atoms with E-state index in [1.54, 1.807) is 42.8 Å². The van der Waals surface area contributed by atoms with Gasteiger partial charge >= 0.3 is 0 Å². The number of aryl methyl sites for hydroxylation is 1. The number of anilines is 1. The van der Waals surface area contributed by atoms with Gasteiger partial charge in [0.05, 0.1) is 17.1 Å². The first-order valence-electron chi connectivity index (χ1n) is 10.1. The first-order valence-corrected chi connectivity index (χ1v) is 11.9. The molecule has 0 amide bonds. The van der Waals surface area contributed by atoms with Crippen LogP contribution in [0, 0.1) is 13.8 Å². The average Bonchev–Trinajstić information content (AvgIpc) is 3.47. The lowest BCUT2D eigenvalue weighted by Gasteiger charge is -2.19. The molecule has 164 valence electrons. The van der Waals surface area contributed by atoms with Gasteiger partial charge in [0.2, 0.25) is 11.7 Å². The molecule has 2 aromatic carbocycles. The molecule has 0 N–H and O–H groups in total. The SMILES string of the molecule is Cc1nn(Cc2nc(-c3ccc(Cl)cc3)no2)c(C)c1S(=O)(=O)N1CCc2ccccc21. The number of hydrogen-bond acceptors (Lipinski definition) is 6. The van der Waals surface area contributed by atoms with Gasteiger partial charge in [-0.25, -0.2) is 8.42 Å². The maximum atomic E-state index is 13.5. The smallest absolute Gasteiger partial charge is 0.268 e. The van der Waals surface area contributed by atoms with Crippen LogP contribution in [0.2, 0.25) is 5.02 Å². The molecule has 1 aliphatic heterocycles. The Morgan fingerprint density at radius 2 is 1.84 bits per heavy atom. The molecule has 0 radical (unpaired) electrons. The lowest BCUT2D eigenvalue weighted by molar-refractivity contribution is 0.364. The zero-order valence-electron chi connectivity index (χ0n) is 17.5. The molecule has 3 heterocycles. The predicted molar refractivity (Wildman–Crippen MR) is 120 cm³/mol. The van der Waals surface area contributed by atoms with E-state index < -0.39 is 10.0 Å². The third-order valence-corrected chi connectivity index (χ3v) is 7.88. The number of aromatic nitrogens is 4. The summed E-state index contributed by atoms with van der Waals surface area (Å²) in [6, 6.07) is 14.7. The molecular weight excluding hydrogens is 450 g/mol. The minimum atomic E-state index is -3.76. The summed E-state index contributed by atoms with van der Waals surface area (Å²) >= 11 is 5.93. The highest BCUT2D eigenvalue weighted by molar-refractivity contribution is 7.93. The summed E-state index contributed by atoms with van der Waals surface area (Å²) < 4.78 is 35.5. The number of fused-ring (bicyclic) bond motifs is 1. The van der Waals surface area contributed by atoms with Crippen molar-refractivity contribution in [3.8, 4) is 11.4 Å². The Hall–Kier alpha value is -3.17. The van der Waals surface area contributed by atoms with E-state index in [0.717, 1.165) is 16.8 Å². The number of sulfonamides is 1. The highest BCUT2D eigenvalue weighted by Crippen LogP contribution is 2.34. The third kappa shape index (κ3) is 3.47. The molecule has 32 heavy (non-hydrogen) atoms. The fraction of sp³-hybridized carbons (Fsp3) is 0.227. The van der Waals surface area contributed by atoms with Crippen molar-refractivity contribution in [2.75, 3.05) is 10.8 Å². The van der Waals surface area contributed by atoms with Crippen molar-refractivity contribution in [1.82, 2.24) is 19.9 Å². The van der Waals surface area contributed by atoms with Gasteiger partial charge < -0.3 is 4.52 Å². The number of benzene rings is 2. The summed E-state index contributed by atoms with van der Waals surface area (Å²) in [5.74, 6) is 0.760. The van der Waals surface area contributed by atoms with Crippen LogP contribution >= 0.6 is 11.6 Å². The normalized spacial score (nSPS) is 13.5. The molecule has 0 unspecified atom stereocenters. The van der Waals surface area contributed by atoms with E-state index in [4.69, 9.17) is 16.1 Å². The van der Waals surface area contributed by atoms with Gasteiger partial charge in [-0.3, -0.25) is 8.99 Å². The summed E-state index contributed by atoms with van der Waals surface area (Å²) in [5.41, 5.74) is 3.49. The molecule has 10 heteroatoms. The zero-order chi connectivity index (χ0) is 22.5. The van der Waals surface area contributed by atoms with Crippen molar-refractivity contribution in [2.45, 2.75) is 31.7 Å². The van der Waals surface area contributed by atoms with Crippen LogP contribution in [0.25, 0.3) is 11.4 Å². The van der Waals surface area contributed by atoms with E-state index in [1.807, 2.05) is 24.3 Å². The summed E-state index contributed by atoms with van der Waals surface area (Å²) in [4.78, 5) is 4.63. The number of hydrogen-bond donors (Lipinski definition) is 0. The van der Waals surface area contributed by atoms with Crippen molar-refractivity contribution >= 4 is 27.3 Å². The summed E-state index contributed by atoms with van der Waals surface area (Å²) in [5, 5.41) is 9.09. The largest absolute Gasteiger partial charge is 0.337 e. The van der Waals surface area contributed by atoms with Crippen molar-refractivity contribution in [3.63, 3.8) is 0 Å². The maximum Gasteiger partial charge on any atom is 0.268 e. The quantitative estimate of drug-likeness (QED) is 0.438. The Balaban J connectivity index is 1.45. The van der Waals surface area contributed by atoms with E-state index in [9.17, 15) is 8.42 Å². The van der Waals surface area contributed by atoms with Crippen molar-refractivity contribution in [2.24, 2.45) is 0 Å². The van der Waals surface area contributed by atoms with E-state index in [2.05, 4.69) is 15.2 Å². The van der Waals surface area contributed by atoms with E-state index in [-0.39, 0.29) is 11.4 Å². The number of rotatable bonds is 5. The molecule has 0 atom stereocenters. The Bertz CT molecular complexity index is 1410. The molecular formula is C22H20ClN5O3S. The topological polar surface area (TPSA) is 94.1 Å². The van der Waals surface area contributed by atoms with Gasteiger partial charge in [0.25, 0.3) is 10.0 Å². The first kappa shape index (κ1) is 20.7. The van der Waals surface area contributed by atoms with E-state index in [0.29, 0.717) is 41.1 Å². The van der Waals surface area contributed by atoms with Crippen molar-refractivity contribution in [3.05, 3.63) is 76.4 Å². The fourth-order valence-corrected chi connectivity index (χ4v) is 6.05. The van der Waals surface area contributed by atoms with Crippen LogP contribution in [-0.4, -0.2) is 34.9 Å². The minimum Gasteiger partial charge on any atom is -0.337 e. The number of para-hydroxylation sites is 1. The van der Waals surface area contributed by atoms with Crippen LogP contribution in [0.3, 0.4) is 0 Å². The second-order valence-electron chi connectivity index (χ2n) is 7.63. The fourth-order valence-electron chi connectivity index (χ4n) is 4.04. The average molecular weight is 470 g/mol. The second-order valence-corrected chi connectivity index (χ2v) is 9.87. The Morgan fingerprint density at radius 3 is 2.62 bits per heavy atom. The molecule has 1 aliphatic rings. The van der Waals surface area contributed by atoms with E-state index >= 15 is 0 Å². The van der Waals surface area contributed by atoms with Crippen molar-refractivity contribution in [1.29, 1.82) is 0 Å². The molecule has 0 saturated carbocycles. The molecule has 4 aromatic rings. The Kier molecular flexibility index (Phi) is 5.02. The lowest BCUT2D eigenvalue weighted by atomic mass is 10.2. The number of nitrogens with zero attached hydrogens (tertiary/aromatic N) is 5. The first-order chi connectivity index (χ1) is 15.3. The zero-order valence-corrected chi connectivity index (χ0v) is 19.1. The lowest BCUT2D eigenvalue weighted by Crippen LogP contribution is -2.30. The van der Waals surface area contributed by atoms with Crippen LogP contribution in [0.4, 0.5) is 5.69 Å². The van der Waals surface area contributed by atoms with Gasteiger partial charge in [-0.2, -0.15) is 10.1 Å². The molecule has 0 bridgehead atoms. The molecule has 0 spiro atoms. The van der Waals surface area contributed by atoms with Crippen LogP contribution in [0.1, 0.15) is 22.8 Å². The predicted octanol–water partition coefficient (Wildman–Crippen LogP) is 4.00. The molecule has 2 aromatic heterocycles. The van der Waals surface area contributed by atoms with Gasteiger partial charge in [0.1, 0.15) is 11.4 Å². The molecule has 0 aliphatic carbocycles. The van der Waals surface area contributed by atoms with Gasteiger partial charge in [0.15, 0.2) is 0 Å². The minimum absolute atomic E-state index is 0.166. The van der Waals surface area contributed by atoms with Crippen LogP contribution in [-0.2, 0) is 23.0 Å². The van der Waals surface area contributed by atoms with Crippen LogP contribution < -0.4 is 4.31 Å². The third-order valence-electron chi connectivity index (χ3n) is 5.56. The van der Waals surface area contributed by atoms with Gasteiger partial charge in [-0.15, -0.1) is 0 Å². The molecule has 8 nitrogen and oxygen atoms in total. The second kappa shape index (κ2) is 7.75. The monoisotopic (exact) mass is 469 g/mol. The number of halogens is 1. The van der Waals surface area contributed by atoms with Crippen LogP contribution in [0.5, 0.6) is 0 Å². The molecule has 5 rings (SSSR count). The molecule has 0 fully saturated rings. The van der Waals surface area contributed by atoms with Gasteiger partial charge in [-0.1, -0.05) is 35.0 Å². The highest BCUT2D eigenvalue weighted by atomic mass is 35.5. The highest BCUT2D eigenvalue weighted by Gasteiger charge is 2.35. The summed E-state index contributed by atoms with van der Waals surface area (Å²) in [7, 11) is -3.76. The summed E-state index contributed by atoms with van der Waals surface area (Å²) in [6.45, 7) is 4.02. The van der Waals surface area contributed by atoms with Crippen molar-refractivity contribution < 1.29 is 12.9 Å². The maximum absolute atomic E-state index is 13.5. The van der Waals surface area contributed by atoms with Gasteiger partial charge in [0, 0.05) is 17.1 Å². The summed E-state index contributed by atoms with van der Waals surface area (Å²) in [6.07, 6.45) is 0.692. The van der Waals surface area contributed by atoms with Gasteiger partial charge in [-0.05, 0) is 56.2 Å². The standard InChI is InChI=1S/C22H20ClN5O3S/c1-14-21(32(29,30)28-12-11-16-5-3-4-6-19(16)28)15(2)27(25-14)13-20-24-22(26-31-20)17-7-9-18(23)10-8-17/h3-10H,11-13H2,1-2H3. The Morgan fingerprint density at radius 1 is 1.09 bits per heavy atom. The van der Waals surface area contributed by atoms with E-state index in [1.165, 1.54) is 4.31 Å².